The number of nitrogens with zero attached hydrogens (tertiary/aromatic N) is 10. The topological polar surface area (TPSA) is 162 Å². The van der Waals surface area contributed by atoms with E-state index in [1.165, 1.54) is 19.3 Å². The van der Waals surface area contributed by atoms with E-state index in [2.05, 4.69) is 63.2 Å². The lowest BCUT2D eigenvalue weighted by Gasteiger charge is -2.36. The maximum absolute atomic E-state index is 12.5. The number of rotatable bonds is 7. The molecule has 0 aliphatic carbocycles. The van der Waals surface area contributed by atoms with Gasteiger partial charge in [0.2, 0.25) is 0 Å². The molecule has 346 valence electrons. The summed E-state index contributed by atoms with van der Waals surface area (Å²) in [7, 11) is 0. The lowest BCUT2D eigenvalue weighted by atomic mass is 10.1. The average Bonchev–Trinajstić information content (AvgIpc) is 4.02. The predicted octanol–water partition coefficient (Wildman–Crippen LogP) is 10.4. The zero-order valence-electron chi connectivity index (χ0n) is 38.9. The number of aryl methyl sites for hydroxylation is 2. The summed E-state index contributed by atoms with van der Waals surface area (Å²) in [5.41, 5.74) is 5.09. The molecular formula is C51H57N11O5. The van der Waals surface area contributed by atoms with Crippen LogP contribution >= 0.6 is 0 Å². The van der Waals surface area contributed by atoms with E-state index < -0.39 is 5.60 Å². The van der Waals surface area contributed by atoms with Crippen molar-refractivity contribution in [2.24, 2.45) is 0 Å². The largest absolute Gasteiger partial charge is 0.454 e. The van der Waals surface area contributed by atoms with Crippen molar-refractivity contribution in [2.45, 2.75) is 85.0 Å². The Morgan fingerprint density at radius 3 is 1.93 bits per heavy atom. The number of amides is 1. The van der Waals surface area contributed by atoms with Crippen LogP contribution in [0, 0.1) is 13.8 Å². The number of piperazine rings is 1. The third-order valence-electron chi connectivity index (χ3n) is 12.7. The lowest BCUT2D eigenvalue weighted by Crippen LogP contribution is -2.50. The zero-order valence-corrected chi connectivity index (χ0v) is 38.9. The number of aromatic amines is 1. The number of carbonyl (C=O) groups excluding carboxylic acids is 1. The molecule has 1 N–H and O–H groups in total. The first kappa shape index (κ1) is 43.8. The molecule has 0 saturated carbocycles. The number of hydrogen-bond donors (Lipinski definition) is 1. The van der Waals surface area contributed by atoms with Crippen LogP contribution in [-0.2, 0) is 9.47 Å². The molecule has 8 aromatic rings. The Kier molecular flexibility index (Phi) is 12.2. The molecule has 7 heterocycles. The van der Waals surface area contributed by atoms with Gasteiger partial charge in [-0.1, -0.05) is 24.3 Å². The smallest absolute Gasteiger partial charge is 0.410 e. The first-order chi connectivity index (χ1) is 32.6. The van der Waals surface area contributed by atoms with Gasteiger partial charge in [0, 0.05) is 56.6 Å². The first-order valence-electron chi connectivity index (χ1n) is 23.4. The minimum atomic E-state index is -0.515. The third kappa shape index (κ3) is 9.09. The summed E-state index contributed by atoms with van der Waals surface area (Å²) in [6, 6.07) is 20.2. The molecule has 3 aliphatic heterocycles. The highest BCUT2D eigenvalue weighted by Gasteiger charge is 2.28. The monoisotopic (exact) mass is 903 g/mol. The average molecular weight is 904 g/mol. The van der Waals surface area contributed by atoms with Gasteiger partial charge in [-0.05, 0) is 121 Å². The fourth-order valence-corrected chi connectivity index (χ4v) is 9.24. The molecule has 1 amide bonds. The third-order valence-corrected chi connectivity index (χ3v) is 12.7. The second-order valence-electron chi connectivity index (χ2n) is 18.5. The molecule has 67 heavy (non-hydrogen) atoms. The van der Waals surface area contributed by atoms with Crippen LogP contribution in [0.2, 0.25) is 0 Å². The second kappa shape index (κ2) is 18.7. The van der Waals surface area contributed by atoms with E-state index in [9.17, 15) is 4.79 Å². The summed E-state index contributed by atoms with van der Waals surface area (Å²) < 4.78 is 26.5. The van der Waals surface area contributed by atoms with E-state index in [-0.39, 0.29) is 12.3 Å². The standard InChI is InChI=1S/C30H36N6O4.C21H21N5O/c1-20-11-12-23-22(18-33-36(23)25-10-5-6-17-38-25)27(20)39-24-9-7-8-21-26(24)31-19-32-28(21)34-13-15-35(16-14-34)29(37)40-30(2,3)4;1-14-8-9-17-16(12-24-25-17)20(14)27-18-7-5-6-15-19(18)22-13-23-21(15)26-10-3-2-4-11-26/h7-9,11-12,18-19,25H,5-6,10,13-17H2,1-4H3;5-9,12-13H,2-4,10-11H2,1H3,(H,24,25). The van der Waals surface area contributed by atoms with Gasteiger partial charge < -0.3 is 33.6 Å². The van der Waals surface area contributed by atoms with Crippen LogP contribution in [-0.4, -0.2) is 102 Å². The zero-order chi connectivity index (χ0) is 46.1. The Morgan fingerprint density at radius 2 is 1.30 bits per heavy atom. The number of benzene rings is 4. The van der Waals surface area contributed by atoms with E-state index >= 15 is 0 Å². The highest BCUT2D eigenvalue weighted by atomic mass is 16.6. The Morgan fingerprint density at radius 1 is 0.672 bits per heavy atom. The van der Waals surface area contributed by atoms with Gasteiger partial charge in [-0.15, -0.1) is 0 Å². The van der Waals surface area contributed by atoms with Crippen molar-refractivity contribution in [3.05, 3.63) is 96.8 Å². The van der Waals surface area contributed by atoms with Gasteiger partial charge in [0.05, 0.1) is 34.2 Å². The second-order valence-corrected chi connectivity index (χ2v) is 18.5. The lowest BCUT2D eigenvalue weighted by molar-refractivity contribution is -0.0366. The van der Waals surface area contributed by atoms with E-state index in [0.717, 1.165) is 123 Å². The molecule has 3 saturated heterocycles. The number of H-pyrrole nitrogens is 1. The minimum Gasteiger partial charge on any atom is -0.454 e. The van der Waals surface area contributed by atoms with Gasteiger partial charge in [0.25, 0.3) is 0 Å². The number of carbonyl (C=O) groups is 1. The van der Waals surface area contributed by atoms with Gasteiger partial charge >= 0.3 is 6.09 Å². The van der Waals surface area contributed by atoms with Crippen molar-refractivity contribution in [2.75, 3.05) is 55.7 Å². The maximum Gasteiger partial charge on any atom is 0.410 e. The summed E-state index contributed by atoms with van der Waals surface area (Å²) in [5, 5.41) is 15.7. The predicted molar refractivity (Wildman–Crippen MR) is 259 cm³/mol. The van der Waals surface area contributed by atoms with Crippen molar-refractivity contribution in [1.29, 1.82) is 0 Å². The minimum absolute atomic E-state index is 0.0505. The fraction of sp³-hybridized carbons (Fsp3) is 0.392. The number of piperidine rings is 1. The molecule has 0 radical (unpaired) electrons. The number of fused-ring (bicyclic) bond motifs is 4. The summed E-state index contributed by atoms with van der Waals surface area (Å²) in [4.78, 5) is 37.2. The quantitative estimate of drug-likeness (QED) is 0.161. The van der Waals surface area contributed by atoms with Crippen LogP contribution in [0.4, 0.5) is 16.4 Å². The maximum atomic E-state index is 12.5. The van der Waals surface area contributed by atoms with Crippen LogP contribution < -0.4 is 19.3 Å². The molecule has 4 aromatic carbocycles. The highest BCUT2D eigenvalue weighted by molar-refractivity contribution is 5.96. The van der Waals surface area contributed by atoms with Crippen LogP contribution in [0.3, 0.4) is 0 Å². The number of ether oxygens (including phenoxy) is 4. The molecule has 0 spiro atoms. The van der Waals surface area contributed by atoms with Gasteiger partial charge in [0.1, 0.15) is 52.4 Å². The van der Waals surface area contributed by atoms with Crippen LogP contribution in [0.15, 0.2) is 85.7 Å². The Balaban J connectivity index is 0.000000169. The van der Waals surface area contributed by atoms with Gasteiger partial charge in [-0.2, -0.15) is 10.2 Å². The summed E-state index contributed by atoms with van der Waals surface area (Å²) in [5.74, 6) is 4.81. The normalized spacial score (nSPS) is 16.9. The van der Waals surface area contributed by atoms with Crippen molar-refractivity contribution in [1.82, 2.24) is 44.8 Å². The van der Waals surface area contributed by atoms with Crippen molar-refractivity contribution in [3.63, 3.8) is 0 Å². The number of anilines is 2. The molecule has 1 atom stereocenters. The molecule has 3 aliphatic rings. The summed E-state index contributed by atoms with van der Waals surface area (Å²) in [6.07, 6.45) is 13.5. The number of aromatic nitrogens is 8. The molecule has 16 nitrogen and oxygen atoms in total. The van der Waals surface area contributed by atoms with Crippen molar-refractivity contribution >= 4 is 61.3 Å². The van der Waals surface area contributed by atoms with Crippen LogP contribution in [0.5, 0.6) is 23.0 Å². The van der Waals surface area contributed by atoms with E-state index in [4.69, 9.17) is 18.9 Å². The van der Waals surface area contributed by atoms with Crippen molar-refractivity contribution < 1.29 is 23.7 Å². The summed E-state index contributed by atoms with van der Waals surface area (Å²) >= 11 is 0. The van der Waals surface area contributed by atoms with Gasteiger partial charge in [-0.25, -0.2) is 29.4 Å². The molecule has 3 fully saturated rings. The Hall–Kier alpha value is -7.07. The van der Waals surface area contributed by atoms with Crippen LogP contribution in [0.1, 0.15) is 76.7 Å². The first-order valence-corrected chi connectivity index (χ1v) is 23.4. The number of para-hydroxylation sites is 2. The fourth-order valence-electron chi connectivity index (χ4n) is 9.24. The SMILES string of the molecule is Cc1ccc2[nH]ncc2c1Oc1cccc2c(N3CCCCC3)ncnc12.Cc1ccc2c(cnn2C2CCCCO2)c1Oc1cccc2c(N3CCN(C(=O)OC(C)(C)C)CC3)ncnc12. The molecule has 0 bridgehead atoms. The van der Waals surface area contributed by atoms with E-state index in [1.54, 1.807) is 23.8 Å². The summed E-state index contributed by atoms with van der Waals surface area (Å²) in [6.45, 7) is 15.0. The Bertz CT molecular complexity index is 3050. The van der Waals surface area contributed by atoms with Crippen molar-refractivity contribution in [3.8, 4) is 23.0 Å². The Labute approximate surface area is 389 Å². The van der Waals surface area contributed by atoms with Crippen LogP contribution in [0.25, 0.3) is 43.6 Å². The molecular weight excluding hydrogens is 847 g/mol. The van der Waals surface area contributed by atoms with E-state index in [0.29, 0.717) is 31.9 Å². The number of hydrogen-bond acceptors (Lipinski definition) is 13. The molecule has 1 unspecified atom stereocenters. The molecule has 4 aromatic heterocycles. The number of nitrogens with one attached hydrogen (secondary N) is 1. The van der Waals surface area contributed by atoms with E-state index in [1.807, 2.05) is 88.0 Å². The molecule has 11 rings (SSSR count). The highest BCUT2D eigenvalue weighted by Crippen LogP contribution is 2.40. The molecule has 16 heteroatoms. The van der Waals surface area contributed by atoms with Gasteiger partial charge in [0.15, 0.2) is 17.7 Å². The van der Waals surface area contributed by atoms with Gasteiger partial charge in [-0.3, -0.25) is 5.10 Å².